The van der Waals surface area contributed by atoms with Crippen molar-refractivity contribution in [3.8, 4) is 0 Å². The molecule has 1 aliphatic rings. The molecule has 108 valence electrons. The molecular formula is C13H13N5O2S. The molecule has 1 aromatic heterocycles. The third-order valence-corrected chi connectivity index (χ3v) is 4.29. The van der Waals surface area contributed by atoms with E-state index in [0.717, 1.165) is 0 Å². The minimum atomic E-state index is -0.242. The zero-order valence-electron chi connectivity index (χ0n) is 11.3. The summed E-state index contributed by atoms with van der Waals surface area (Å²) >= 11 is 1.40. The van der Waals surface area contributed by atoms with Crippen molar-refractivity contribution >= 4 is 29.5 Å². The number of thioether (sulfide) groups is 1. The molecule has 7 nitrogen and oxygen atoms in total. The maximum atomic E-state index is 12.2. The van der Waals surface area contributed by atoms with Crippen LogP contribution in [0, 0.1) is 0 Å². The van der Waals surface area contributed by atoms with Crippen molar-refractivity contribution in [1.82, 2.24) is 19.7 Å². The number of carbonyl (C=O) groups is 2. The van der Waals surface area contributed by atoms with Crippen LogP contribution in [-0.4, -0.2) is 43.8 Å². The second-order valence-electron chi connectivity index (χ2n) is 4.56. The fourth-order valence-electron chi connectivity index (χ4n) is 2.12. The number of aromatic nitrogens is 3. The van der Waals surface area contributed by atoms with Crippen molar-refractivity contribution in [2.75, 3.05) is 18.0 Å². The van der Waals surface area contributed by atoms with Crippen LogP contribution in [0.3, 0.4) is 0 Å². The van der Waals surface area contributed by atoms with Gasteiger partial charge in [-0.1, -0.05) is 23.9 Å². The first-order chi connectivity index (χ1) is 10.1. The van der Waals surface area contributed by atoms with Crippen molar-refractivity contribution in [3.05, 3.63) is 35.4 Å². The number of nitrogens with two attached hydrogens (primary N) is 1. The predicted molar refractivity (Wildman–Crippen MR) is 77.9 cm³/mol. The number of anilines is 1. The zero-order valence-corrected chi connectivity index (χ0v) is 12.1. The number of rotatable bonds is 4. The second-order valence-corrected chi connectivity index (χ2v) is 5.62. The van der Waals surface area contributed by atoms with Gasteiger partial charge in [-0.05, 0) is 12.1 Å². The van der Waals surface area contributed by atoms with E-state index in [0.29, 0.717) is 34.5 Å². The standard InChI is InChI=1S/C13H13N5O2S/c1-17-12(14)15-16-13(17)21-7-6-18-10(19)8-4-2-3-5-9(8)11(18)20/h2-5H,6-7H2,1H3,(H2,14,15). The summed E-state index contributed by atoms with van der Waals surface area (Å²) in [6.45, 7) is 0.323. The van der Waals surface area contributed by atoms with Gasteiger partial charge in [0.15, 0.2) is 5.16 Å². The lowest BCUT2D eigenvalue weighted by Crippen LogP contribution is -2.31. The van der Waals surface area contributed by atoms with Gasteiger partial charge in [0.25, 0.3) is 11.8 Å². The highest BCUT2D eigenvalue weighted by atomic mass is 32.2. The zero-order chi connectivity index (χ0) is 15.0. The van der Waals surface area contributed by atoms with Crippen molar-refractivity contribution in [2.45, 2.75) is 5.16 Å². The quantitative estimate of drug-likeness (QED) is 0.663. The number of benzene rings is 1. The van der Waals surface area contributed by atoms with Gasteiger partial charge in [-0.15, -0.1) is 10.2 Å². The Kier molecular flexibility index (Phi) is 3.38. The Balaban J connectivity index is 1.66. The molecule has 1 aromatic carbocycles. The highest BCUT2D eigenvalue weighted by molar-refractivity contribution is 7.99. The van der Waals surface area contributed by atoms with E-state index in [1.807, 2.05) is 0 Å². The van der Waals surface area contributed by atoms with Crippen molar-refractivity contribution in [3.63, 3.8) is 0 Å². The SMILES string of the molecule is Cn1c(N)nnc1SCCN1C(=O)c2ccccc2C1=O. The Morgan fingerprint density at radius 2 is 1.76 bits per heavy atom. The van der Waals surface area contributed by atoms with Gasteiger partial charge < -0.3 is 5.73 Å². The van der Waals surface area contributed by atoms with Crippen LogP contribution in [0.25, 0.3) is 0 Å². The van der Waals surface area contributed by atoms with E-state index in [9.17, 15) is 9.59 Å². The van der Waals surface area contributed by atoms with Crippen LogP contribution in [0.2, 0.25) is 0 Å². The fraction of sp³-hybridized carbons (Fsp3) is 0.231. The Hall–Kier alpha value is -2.35. The molecule has 0 unspecified atom stereocenters. The topological polar surface area (TPSA) is 94.1 Å². The van der Waals surface area contributed by atoms with E-state index < -0.39 is 0 Å². The van der Waals surface area contributed by atoms with Gasteiger partial charge in [0.2, 0.25) is 5.95 Å². The summed E-state index contributed by atoms with van der Waals surface area (Å²) in [5, 5.41) is 8.33. The third kappa shape index (κ3) is 2.27. The molecule has 0 spiro atoms. The first kappa shape index (κ1) is 13.6. The normalized spacial score (nSPS) is 13.9. The summed E-state index contributed by atoms with van der Waals surface area (Å²) in [7, 11) is 1.76. The van der Waals surface area contributed by atoms with E-state index in [4.69, 9.17) is 5.73 Å². The number of carbonyl (C=O) groups excluding carboxylic acids is 2. The molecule has 0 saturated carbocycles. The molecule has 0 radical (unpaired) electrons. The van der Waals surface area contributed by atoms with Crippen LogP contribution in [0.4, 0.5) is 5.95 Å². The Bertz CT molecular complexity index is 692. The molecule has 0 fully saturated rings. The molecular weight excluding hydrogens is 290 g/mol. The number of imide groups is 1. The van der Waals surface area contributed by atoms with E-state index in [-0.39, 0.29) is 11.8 Å². The van der Waals surface area contributed by atoms with Crippen LogP contribution in [0.1, 0.15) is 20.7 Å². The molecule has 2 amide bonds. The summed E-state index contributed by atoms with van der Waals surface area (Å²) in [5.41, 5.74) is 6.53. The number of amides is 2. The van der Waals surface area contributed by atoms with Gasteiger partial charge in [0.05, 0.1) is 11.1 Å². The molecule has 0 aliphatic carbocycles. The van der Waals surface area contributed by atoms with Gasteiger partial charge in [0, 0.05) is 19.3 Å². The van der Waals surface area contributed by atoms with Crippen LogP contribution < -0.4 is 5.73 Å². The van der Waals surface area contributed by atoms with E-state index in [2.05, 4.69) is 10.2 Å². The largest absolute Gasteiger partial charge is 0.368 e. The van der Waals surface area contributed by atoms with Gasteiger partial charge in [-0.2, -0.15) is 0 Å². The van der Waals surface area contributed by atoms with Crippen LogP contribution in [0.5, 0.6) is 0 Å². The van der Waals surface area contributed by atoms with Crippen molar-refractivity contribution in [1.29, 1.82) is 0 Å². The monoisotopic (exact) mass is 303 g/mol. The molecule has 1 aliphatic heterocycles. The Morgan fingerprint density at radius 3 is 2.29 bits per heavy atom. The maximum absolute atomic E-state index is 12.2. The van der Waals surface area contributed by atoms with E-state index >= 15 is 0 Å². The Morgan fingerprint density at radius 1 is 1.14 bits per heavy atom. The van der Waals surface area contributed by atoms with Crippen LogP contribution in [-0.2, 0) is 7.05 Å². The van der Waals surface area contributed by atoms with E-state index in [1.165, 1.54) is 16.7 Å². The second kappa shape index (κ2) is 5.21. The summed E-state index contributed by atoms with van der Waals surface area (Å²) in [6.07, 6.45) is 0. The van der Waals surface area contributed by atoms with E-state index in [1.54, 1.807) is 35.9 Å². The lowest BCUT2D eigenvalue weighted by molar-refractivity contribution is 0.0664. The molecule has 2 N–H and O–H groups in total. The minimum Gasteiger partial charge on any atom is -0.368 e. The number of nitrogens with zero attached hydrogens (tertiary/aromatic N) is 4. The van der Waals surface area contributed by atoms with Crippen molar-refractivity contribution in [2.24, 2.45) is 7.05 Å². The van der Waals surface area contributed by atoms with Crippen LogP contribution >= 0.6 is 11.8 Å². The highest BCUT2D eigenvalue weighted by Gasteiger charge is 2.34. The molecule has 2 heterocycles. The fourth-order valence-corrected chi connectivity index (χ4v) is 2.96. The van der Waals surface area contributed by atoms with Crippen LogP contribution in [0.15, 0.2) is 29.4 Å². The summed E-state index contributed by atoms with van der Waals surface area (Å²) in [4.78, 5) is 25.6. The van der Waals surface area contributed by atoms with Gasteiger partial charge in [-0.3, -0.25) is 19.1 Å². The Labute approximate surface area is 125 Å². The maximum Gasteiger partial charge on any atom is 0.261 e. The molecule has 0 atom stereocenters. The summed E-state index contributed by atoms with van der Waals surface area (Å²) in [5.74, 6) is 0.387. The van der Waals surface area contributed by atoms with Crippen molar-refractivity contribution < 1.29 is 9.59 Å². The first-order valence-electron chi connectivity index (χ1n) is 6.32. The molecule has 0 bridgehead atoms. The summed E-state index contributed by atoms with van der Waals surface area (Å²) in [6, 6.07) is 6.85. The average Bonchev–Trinajstić information content (AvgIpc) is 2.93. The molecule has 21 heavy (non-hydrogen) atoms. The number of nitrogen functional groups attached to an aromatic ring is 1. The number of fused-ring (bicyclic) bond motifs is 1. The number of hydrogen-bond acceptors (Lipinski definition) is 6. The smallest absolute Gasteiger partial charge is 0.261 e. The first-order valence-corrected chi connectivity index (χ1v) is 7.31. The highest BCUT2D eigenvalue weighted by Crippen LogP contribution is 2.23. The lowest BCUT2D eigenvalue weighted by atomic mass is 10.1. The minimum absolute atomic E-state index is 0.242. The predicted octanol–water partition coefficient (Wildman–Crippen LogP) is 0.786. The number of hydrogen-bond donors (Lipinski definition) is 1. The van der Waals surface area contributed by atoms with Gasteiger partial charge in [0.1, 0.15) is 0 Å². The lowest BCUT2D eigenvalue weighted by Gasteiger charge is -2.12. The molecule has 0 saturated heterocycles. The molecule has 3 rings (SSSR count). The van der Waals surface area contributed by atoms with Gasteiger partial charge >= 0.3 is 0 Å². The molecule has 2 aromatic rings. The molecule has 8 heteroatoms. The summed E-state index contributed by atoms with van der Waals surface area (Å²) < 4.78 is 1.66. The average molecular weight is 303 g/mol. The van der Waals surface area contributed by atoms with Gasteiger partial charge in [-0.25, -0.2) is 0 Å². The third-order valence-electron chi connectivity index (χ3n) is 3.29.